The van der Waals surface area contributed by atoms with Crippen LogP contribution < -0.4 is 0 Å². The first kappa shape index (κ1) is 15.8. The monoisotopic (exact) mass is 338 g/mol. The summed E-state index contributed by atoms with van der Waals surface area (Å²) in [6, 6.07) is 2.02. The molecular formula is C18H22N6O. The van der Waals surface area contributed by atoms with E-state index < -0.39 is 0 Å². The highest BCUT2D eigenvalue weighted by molar-refractivity contribution is 5.72. The molecule has 1 aliphatic rings. The van der Waals surface area contributed by atoms with Crippen LogP contribution in [0, 0.1) is 5.92 Å². The molecule has 0 unspecified atom stereocenters. The first-order valence-electron chi connectivity index (χ1n) is 8.67. The van der Waals surface area contributed by atoms with E-state index in [1.54, 1.807) is 13.1 Å². The minimum atomic E-state index is 0.127. The van der Waals surface area contributed by atoms with E-state index in [0.717, 1.165) is 48.3 Å². The van der Waals surface area contributed by atoms with Gasteiger partial charge in [-0.1, -0.05) is 0 Å². The van der Waals surface area contributed by atoms with Gasteiger partial charge in [0.25, 0.3) is 0 Å². The van der Waals surface area contributed by atoms with Crippen molar-refractivity contribution in [2.75, 3.05) is 13.6 Å². The maximum absolute atomic E-state index is 11.5. The summed E-state index contributed by atoms with van der Waals surface area (Å²) in [5, 5.41) is 11.3. The molecule has 0 aliphatic heterocycles. The van der Waals surface area contributed by atoms with Crippen molar-refractivity contribution in [3.63, 3.8) is 0 Å². The van der Waals surface area contributed by atoms with Gasteiger partial charge in [0.1, 0.15) is 0 Å². The highest BCUT2D eigenvalue weighted by atomic mass is 16.2. The summed E-state index contributed by atoms with van der Waals surface area (Å²) in [7, 11) is 1.88. The Morgan fingerprint density at radius 1 is 1.44 bits per heavy atom. The number of amides is 1. The van der Waals surface area contributed by atoms with E-state index in [-0.39, 0.29) is 5.91 Å². The van der Waals surface area contributed by atoms with Gasteiger partial charge in [-0.3, -0.25) is 9.89 Å². The third kappa shape index (κ3) is 3.01. The Morgan fingerprint density at radius 3 is 3.08 bits per heavy atom. The number of carbonyl (C=O) groups excluding carboxylic acids is 1. The van der Waals surface area contributed by atoms with Gasteiger partial charge in [-0.25, -0.2) is 9.50 Å². The molecule has 7 heteroatoms. The van der Waals surface area contributed by atoms with Crippen molar-refractivity contribution in [2.24, 2.45) is 5.92 Å². The summed E-state index contributed by atoms with van der Waals surface area (Å²) in [4.78, 5) is 18.3. The van der Waals surface area contributed by atoms with E-state index in [4.69, 9.17) is 4.98 Å². The van der Waals surface area contributed by atoms with Gasteiger partial charge in [-0.05, 0) is 31.2 Å². The predicted molar refractivity (Wildman–Crippen MR) is 94.0 cm³/mol. The summed E-state index contributed by atoms with van der Waals surface area (Å²) in [6.45, 7) is 2.45. The van der Waals surface area contributed by atoms with Crippen molar-refractivity contribution in [1.82, 2.24) is 29.7 Å². The van der Waals surface area contributed by atoms with Crippen molar-refractivity contribution >= 4 is 11.4 Å². The van der Waals surface area contributed by atoms with E-state index in [2.05, 4.69) is 15.3 Å². The van der Waals surface area contributed by atoms with Crippen molar-refractivity contribution in [3.05, 3.63) is 36.5 Å². The lowest BCUT2D eigenvalue weighted by Gasteiger charge is -2.20. The Kier molecular flexibility index (Phi) is 3.99. The topological polar surface area (TPSA) is 79.2 Å². The second-order valence-corrected chi connectivity index (χ2v) is 6.93. The van der Waals surface area contributed by atoms with Crippen LogP contribution in [0.15, 0.2) is 30.9 Å². The van der Waals surface area contributed by atoms with Crippen LogP contribution in [0.4, 0.5) is 0 Å². The number of carbonyl (C=O) groups is 1. The fourth-order valence-electron chi connectivity index (χ4n) is 3.79. The van der Waals surface area contributed by atoms with Crippen molar-refractivity contribution < 1.29 is 4.79 Å². The zero-order valence-electron chi connectivity index (χ0n) is 14.5. The van der Waals surface area contributed by atoms with Crippen LogP contribution in [0.2, 0.25) is 0 Å². The zero-order valence-corrected chi connectivity index (χ0v) is 14.5. The average molecular weight is 338 g/mol. The molecule has 0 spiro atoms. The van der Waals surface area contributed by atoms with Crippen molar-refractivity contribution in [3.8, 4) is 11.3 Å². The molecule has 1 aliphatic carbocycles. The number of rotatable bonds is 4. The van der Waals surface area contributed by atoms with Gasteiger partial charge < -0.3 is 4.90 Å². The number of fused-ring (bicyclic) bond motifs is 1. The summed E-state index contributed by atoms with van der Waals surface area (Å²) in [5.74, 6) is 1.05. The highest BCUT2D eigenvalue weighted by Gasteiger charge is 2.30. The molecule has 4 rings (SSSR count). The summed E-state index contributed by atoms with van der Waals surface area (Å²) in [6.07, 6.45) is 10.7. The lowest BCUT2D eigenvalue weighted by molar-refractivity contribution is -0.128. The summed E-state index contributed by atoms with van der Waals surface area (Å²) in [5.41, 5.74) is 4.01. The molecule has 1 amide bonds. The number of nitrogens with one attached hydrogen (secondary N) is 1. The third-order valence-corrected chi connectivity index (χ3v) is 5.21. The Balaban J connectivity index is 1.63. The van der Waals surface area contributed by atoms with Crippen LogP contribution in [0.25, 0.3) is 16.8 Å². The molecule has 2 atom stereocenters. The molecule has 0 bridgehead atoms. The molecule has 3 aromatic heterocycles. The molecule has 0 saturated heterocycles. The smallest absolute Gasteiger partial charge is 0.219 e. The van der Waals surface area contributed by atoms with Gasteiger partial charge in [-0.2, -0.15) is 10.2 Å². The van der Waals surface area contributed by atoms with Gasteiger partial charge >= 0.3 is 0 Å². The number of hydrogen-bond donors (Lipinski definition) is 1. The van der Waals surface area contributed by atoms with Gasteiger partial charge in [0.05, 0.1) is 35.5 Å². The van der Waals surface area contributed by atoms with E-state index in [0.29, 0.717) is 11.8 Å². The lowest BCUT2D eigenvalue weighted by atomic mass is 10.00. The SMILES string of the molecule is CC(=O)N(C)C[C@@H]1CC[C@H](c2nc(-c3cn[nH]c3)cn3nccc23)C1. The van der Waals surface area contributed by atoms with Gasteiger partial charge in [0.2, 0.25) is 5.91 Å². The van der Waals surface area contributed by atoms with Crippen LogP contribution in [0.3, 0.4) is 0 Å². The molecule has 1 N–H and O–H groups in total. The normalized spacial score (nSPS) is 20.2. The van der Waals surface area contributed by atoms with Crippen LogP contribution in [0.5, 0.6) is 0 Å². The van der Waals surface area contributed by atoms with E-state index in [1.807, 2.05) is 41.1 Å². The molecule has 3 aromatic rings. The van der Waals surface area contributed by atoms with Crippen LogP contribution in [-0.2, 0) is 4.79 Å². The van der Waals surface area contributed by atoms with Gasteiger partial charge in [0.15, 0.2) is 0 Å². The van der Waals surface area contributed by atoms with Gasteiger partial charge in [0, 0.05) is 38.2 Å². The zero-order chi connectivity index (χ0) is 17.4. The standard InChI is InChI=1S/C18H22N6O/c1-12(25)23(2)10-13-3-4-14(7-13)18-17-5-6-21-24(17)11-16(22-18)15-8-19-20-9-15/h5-6,8-9,11,13-14H,3-4,7,10H2,1-2H3,(H,19,20)/t13-,14+/m1/s1. The van der Waals surface area contributed by atoms with Crippen LogP contribution in [0.1, 0.15) is 37.8 Å². The second kappa shape index (κ2) is 6.31. The molecule has 7 nitrogen and oxygen atoms in total. The molecule has 0 radical (unpaired) electrons. The van der Waals surface area contributed by atoms with Crippen LogP contribution >= 0.6 is 0 Å². The quantitative estimate of drug-likeness (QED) is 0.792. The molecule has 25 heavy (non-hydrogen) atoms. The predicted octanol–water partition coefficient (Wildman–Crippen LogP) is 2.48. The van der Waals surface area contributed by atoms with Gasteiger partial charge in [-0.15, -0.1) is 0 Å². The first-order chi connectivity index (χ1) is 12.1. The molecular weight excluding hydrogens is 316 g/mol. The van der Waals surface area contributed by atoms with E-state index >= 15 is 0 Å². The highest BCUT2D eigenvalue weighted by Crippen LogP contribution is 2.39. The summed E-state index contributed by atoms with van der Waals surface area (Å²) < 4.78 is 1.90. The molecule has 1 fully saturated rings. The number of hydrogen-bond acceptors (Lipinski definition) is 4. The average Bonchev–Trinajstić information content (AvgIpc) is 3.34. The fourth-order valence-corrected chi connectivity index (χ4v) is 3.79. The van der Waals surface area contributed by atoms with Crippen molar-refractivity contribution in [2.45, 2.75) is 32.1 Å². The Morgan fingerprint density at radius 2 is 2.32 bits per heavy atom. The maximum atomic E-state index is 11.5. The minimum absolute atomic E-state index is 0.127. The fraction of sp³-hybridized carbons (Fsp3) is 0.444. The Labute approximate surface area is 146 Å². The number of H-pyrrole nitrogens is 1. The van der Waals surface area contributed by atoms with E-state index in [9.17, 15) is 4.79 Å². The molecule has 130 valence electrons. The molecule has 1 saturated carbocycles. The molecule has 0 aromatic carbocycles. The van der Waals surface area contributed by atoms with E-state index in [1.165, 1.54) is 0 Å². The first-order valence-corrected chi connectivity index (χ1v) is 8.67. The Bertz CT molecular complexity index is 884. The van der Waals surface area contributed by atoms with Crippen molar-refractivity contribution in [1.29, 1.82) is 0 Å². The maximum Gasteiger partial charge on any atom is 0.219 e. The Hall–Kier alpha value is -2.70. The minimum Gasteiger partial charge on any atom is -0.346 e. The largest absolute Gasteiger partial charge is 0.346 e. The lowest BCUT2D eigenvalue weighted by Crippen LogP contribution is -2.28. The number of aromatic amines is 1. The summed E-state index contributed by atoms with van der Waals surface area (Å²) >= 11 is 0. The third-order valence-electron chi connectivity index (χ3n) is 5.21. The number of aromatic nitrogens is 5. The van der Waals surface area contributed by atoms with Crippen LogP contribution in [-0.4, -0.2) is 49.2 Å². The second-order valence-electron chi connectivity index (χ2n) is 6.93. The number of nitrogens with zero attached hydrogens (tertiary/aromatic N) is 5. The molecule has 3 heterocycles.